The van der Waals surface area contributed by atoms with Crippen molar-refractivity contribution in [3.63, 3.8) is 0 Å². The van der Waals surface area contributed by atoms with E-state index in [1.807, 2.05) is 0 Å². The second-order valence-electron chi connectivity index (χ2n) is 11.1. The Morgan fingerprint density at radius 2 is 1.94 bits per heavy atom. The number of fused-ring (bicyclic) bond motifs is 6. The Balaban J connectivity index is 1.38. The van der Waals surface area contributed by atoms with E-state index in [0.717, 1.165) is 0 Å². The number of carbonyl (C=O) groups is 3. The minimum atomic E-state index is -0.682. The van der Waals surface area contributed by atoms with Gasteiger partial charge >= 0.3 is 6.09 Å². The molecule has 5 aromatic rings. The first kappa shape index (κ1) is 33.3. The summed E-state index contributed by atoms with van der Waals surface area (Å²) in [5.74, 6) is -1.27. The van der Waals surface area contributed by atoms with Crippen LogP contribution in [-0.4, -0.2) is 67.1 Å². The Hall–Kier alpha value is -5.60. The smallest absolute Gasteiger partial charge is 0.411 e. The highest BCUT2D eigenvalue weighted by atomic mass is 35.5. The molecule has 6 rings (SSSR count). The van der Waals surface area contributed by atoms with Crippen LogP contribution in [0.25, 0.3) is 23.0 Å². The topological polar surface area (TPSA) is 160 Å². The average molecular weight is 705 g/mol. The zero-order valence-electron chi connectivity index (χ0n) is 26.1. The van der Waals surface area contributed by atoms with Crippen molar-refractivity contribution < 1.29 is 23.5 Å². The summed E-state index contributed by atoms with van der Waals surface area (Å²) < 4.78 is 21.2. The molecule has 0 saturated carbocycles. The molecule has 49 heavy (non-hydrogen) atoms. The lowest BCUT2D eigenvalue weighted by Crippen LogP contribution is -2.29. The van der Waals surface area contributed by atoms with E-state index in [4.69, 9.17) is 32.9 Å². The first-order valence-corrected chi connectivity index (χ1v) is 15.6. The molecule has 4 bridgehead atoms. The van der Waals surface area contributed by atoms with Gasteiger partial charge in [0.25, 0.3) is 5.91 Å². The van der Waals surface area contributed by atoms with Gasteiger partial charge in [0.05, 0.1) is 24.4 Å². The van der Waals surface area contributed by atoms with Crippen molar-refractivity contribution in [2.75, 3.05) is 19.5 Å². The third-order valence-corrected chi connectivity index (χ3v) is 8.36. The van der Waals surface area contributed by atoms with Crippen molar-refractivity contribution in [2.24, 2.45) is 0 Å². The van der Waals surface area contributed by atoms with Crippen LogP contribution in [0.4, 0.5) is 14.9 Å². The fourth-order valence-corrected chi connectivity index (χ4v) is 5.87. The Labute approximate surface area is 289 Å². The second kappa shape index (κ2) is 14.3. The van der Waals surface area contributed by atoms with Crippen LogP contribution in [0.15, 0.2) is 67.0 Å². The maximum Gasteiger partial charge on any atom is 0.411 e. The molecule has 0 saturated heterocycles. The molecule has 3 N–H and O–H groups in total. The van der Waals surface area contributed by atoms with Crippen molar-refractivity contribution in [3.05, 3.63) is 111 Å². The lowest BCUT2D eigenvalue weighted by molar-refractivity contribution is -0.117. The third kappa shape index (κ3) is 7.45. The maximum atomic E-state index is 15.0. The van der Waals surface area contributed by atoms with E-state index in [0.29, 0.717) is 63.0 Å². The van der Waals surface area contributed by atoms with Gasteiger partial charge in [-0.2, -0.15) is 4.68 Å². The number of hydrogen-bond acceptors (Lipinski definition) is 8. The van der Waals surface area contributed by atoms with Gasteiger partial charge in [-0.25, -0.2) is 14.2 Å². The van der Waals surface area contributed by atoms with E-state index in [2.05, 4.69) is 31.1 Å². The lowest BCUT2D eigenvalue weighted by atomic mass is 10.00. The second-order valence-corrected chi connectivity index (χ2v) is 12.0. The van der Waals surface area contributed by atoms with Crippen LogP contribution in [-0.2, 0) is 22.5 Å². The first-order chi connectivity index (χ1) is 23.6. The van der Waals surface area contributed by atoms with E-state index in [-0.39, 0.29) is 17.3 Å². The molecule has 1 aliphatic rings. The molecule has 0 fully saturated rings. The van der Waals surface area contributed by atoms with Gasteiger partial charge in [0.15, 0.2) is 0 Å². The summed E-state index contributed by atoms with van der Waals surface area (Å²) >= 11 is 13.0. The molecule has 0 spiro atoms. The van der Waals surface area contributed by atoms with Gasteiger partial charge < -0.3 is 19.9 Å². The highest BCUT2D eigenvalue weighted by Gasteiger charge is 2.25. The highest BCUT2D eigenvalue weighted by Crippen LogP contribution is 2.34. The van der Waals surface area contributed by atoms with Crippen LogP contribution in [0.2, 0.25) is 10.2 Å². The number of aromatic amines is 1. The minimum Gasteiger partial charge on any atom is -0.453 e. The molecular weight excluding hydrogens is 676 g/mol. The molecule has 1 atom stereocenters. The predicted octanol–water partition coefficient (Wildman–Crippen LogP) is 5.77. The number of amides is 3. The van der Waals surface area contributed by atoms with E-state index >= 15 is 0 Å². The number of anilines is 1. The van der Waals surface area contributed by atoms with Crippen molar-refractivity contribution in [1.29, 1.82) is 0 Å². The van der Waals surface area contributed by atoms with Gasteiger partial charge in [-0.15, -0.1) is 5.10 Å². The minimum absolute atomic E-state index is 0.0220. The molecule has 13 nitrogen and oxygen atoms in total. The summed E-state index contributed by atoms with van der Waals surface area (Å²) in [4.78, 5) is 48.1. The largest absolute Gasteiger partial charge is 0.453 e. The molecule has 16 heteroatoms. The number of nitrogens with one attached hydrogen (secondary N) is 3. The number of halogens is 3. The normalized spacial score (nSPS) is 14.7. The maximum absolute atomic E-state index is 15.0. The van der Waals surface area contributed by atoms with E-state index in [9.17, 15) is 18.8 Å². The monoisotopic (exact) mass is 703 g/mol. The number of hydrogen-bond donors (Lipinski definition) is 3. The summed E-state index contributed by atoms with van der Waals surface area (Å²) in [5, 5.41) is 17.5. The van der Waals surface area contributed by atoms with Gasteiger partial charge in [-0.05, 0) is 82.9 Å². The number of methoxy groups -OCH3 is 1. The molecule has 250 valence electrons. The summed E-state index contributed by atoms with van der Waals surface area (Å²) in [6, 6.07) is 13.8. The molecular formula is C33H28Cl2FN9O4. The lowest BCUT2D eigenvalue weighted by Gasteiger charge is -2.21. The summed E-state index contributed by atoms with van der Waals surface area (Å²) in [6.07, 6.45) is 4.37. The molecule has 2 aromatic heterocycles. The number of H-pyrrole nitrogens is 1. The van der Waals surface area contributed by atoms with Crippen molar-refractivity contribution in [2.45, 2.75) is 25.4 Å². The van der Waals surface area contributed by atoms with Gasteiger partial charge in [0, 0.05) is 41.5 Å². The molecule has 1 aliphatic heterocycles. The Morgan fingerprint density at radius 3 is 2.71 bits per heavy atom. The highest BCUT2D eigenvalue weighted by molar-refractivity contribution is 6.32. The standard InChI is InChI=1S/C33H28Cl2FN9O4/c1-44-16-20-15-22(38-33(48)49-2)7-8-23(20)29-30(35)41-31(40-29)26(10-4-18-3-9-25(36)24(13-18)32(44)47)39-28(46)12-5-19-14-21(34)6-11-27(19)45-17-37-42-43-45/h3,5-9,11-15,17,26H,4,10,16H2,1-2H3,(H,38,48)(H,39,46)(H,40,41). The Kier molecular flexibility index (Phi) is 9.69. The van der Waals surface area contributed by atoms with Gasteiger partial charge in [0.2, 0.25) is 5.91 Å². The van der Waals surface area contributed by atoms with Crippen LogP contribution in [0.3, 0.4) is 0 Å². The van der Waals surface area contributed by atoms with Crippen LogP contribution in [0, 0.1) is 5.82 Å². The SMILES string of the molecule is COC(=O)Nc1ccc2c(c1)CN(C)C(=O)c1cc(ccc1F)CCC(NC(=O)C=Cc1cc(Cl)ccc1-n1cnnn1)c1nc-2c(Cl)[nH]1. The van der Waals surface area contributed by atoms with Crippen molar-refractivity contribution in [1.82, 2.24) is 40.4 Å². The van der Waals surface area contributed by atoms with Crippen LogP contribution >= 0.6 is 23.2 Å². The molecule has 0 aliphatic carbocycles. The van der Waals surface area contributed by atoms with Gasteiger partial charge in [-0.3, -0.25) is 14.9 Å². The number of imidazole rings is 1. The Bertz CT molecular complexity index is 2080. The fourth-order valence-electron chi connectivity index (χ4n) is 5.45. The number of rotatable bonds is 5. The number of ether oxygens (including phenoxy) is 1. The molecule has 0 radical (unpaired) electrons. The molecule has 3 amide bonds. The number of aryl methyl sites for hydroxylation is 1. The van der Waals surface area contributed by atoms with Crippen molar-refractivity contribution >= 4 is 52.9 Å². The zero-order valence-corrected chi connectivity index (χ0v) is 27.6. The summed E-state index contributed by atoms with van der Waals surface area (Å²) in [5.41, 5.74) is 3.65. The van der Waals surface area contributed by atoms with Gasteiger partial charge in [-0.1, -0.05) is 35.3 Å². The number of nitrogens with zero attached hydrogens (tertiary/aromatic N) is 6. The van der Waals surface area contributed by atoms with E-state index < -0.39 is 29.8 Å². The predicted molar refractivity (Wildman–Crippen MR) is 180 cm³/mol. The molecule has 1 unspecified atom stereocenters. The Morgan fingerprint density at radius 1 is 1.10 bits per heavy atom. The fraction of sp³-hybridized carbons (Fsp3) is 0.182. The number of benzene rings is 3. The third-order valence-electron chi connectivity index (χ3n) is 7.85. The van der Waals surface area contributed by atoms with Crippen molar-refractivity contribution in [3.8, 4) is 16.9 Å². The first-order valence-electron chi connectivity index (χ1n) is 14.9. The molecule has 3 aromatic carbocycles. The quantitative estimate of drug-likeness (QED) is 0.195. The average Bonchev–Trinajstić information content (AvgIpc) is 3.76. The summed E-state index contributed by atoms with van der Waals surface area (Å²) in [6.45, 7) is 0.0220. The van der Waals surface area contributed by atoms with E-state index in [1.54, 1.807) is 55.6 Å². The summed E-state index contributed by atoms with van der Waals surface area (Å²) in [7, 11) is 2.79. The van der Waals surface area contributed by atoms with Gasteiger partial charge in [0.1, 0.15) is 28.8 Å². The number of aromatic nitrogens is 6. The van der Waals surface area contributed by atoms with Crippen LogP contribution in [0.1, 0.15) is 45.3 Å². The molecule has 3 heterocycles. The zero-order chi connectivity index (χ0) is 34.7. The van der Waals surface area contributed by atoms with Crippen LogP contribution in [0.5, 0.6) is 0 Å². The van der Waals surface area contributed by atoms with E-state index in [1.165, 1.54) is 41.2 Å². The van der Waals surface area contributed by atoms with Crippen LogP contribution < -0.4 is 10.6 Å². The number of tetrazole rings is 1. The number of carbonyl (C=O) groups excluding carboxylic acids is 3.